The van der Waals surface area contributed by atoms with Gasteiger partial charge in [-0.25, -0.2) is 9.98 Å². The monoisotopic (exact) mass is 197 g/mol. The molecule has 2 atom stereocenters. The van der Waals surface area contributed by atoms with Gasteiger partial charge in [0.05, 0.1) is 0 Å². The number of aliphatic hydroxyl groups excluding tert-OH is 1. The maximum Gasteiger partial charge on any atom is 0.206 e. The average Bonchev–Trinajstić information content (AvgIpc) is 2.23. The molecule has 0 spiro atoms. The Morgan fingerprint density at radius 2 is 2.36 bits per heavy atom. The van der Waals surface area contributed by atoms with Crippen LogP contribution < -0.4 is 0 Å². The number of aliphatic hydroxyl groups is 1. The maximum atomic E-state index is 9.66. The molecule has 0 aromatic rings. The van der Waals surface area contributed by atoms with E-state index in [0.717, 1.165) is 25.2 Å². The quantitative estimate of drug-likeness (QED) is 0.684. The molecule has 0 saturated carbocycles. The van der Waals surface area contributed by atoms with E-state index in [1.807, 2.05) is 25.1 Å². The van der Waals surface area contributed by atoms with Crippen molar-refractivity contribution in [2.75, 3.05) is 13.6 Å². The zero-order valence-electron chi connectivity index (χ0n) is 9.14. The minimum atomic E-state index is -0.743. The van der Waals surface area contributed by atoms with Gasteiger partial charge in [-0.1, -0.05) is 13.8 Å². The third-order valence-corrected chi connectivity index (χ3v) is 2.39. The lowest BCUT2D eigenvalue weighted by molar-refractivity contribution is 0.0287. The summed E-state index contributed by atoms with van der Waals surface area (Å²) in [5.74, 6) is 1.16. The van der Waals surface area contributed by atoms with E-state index in [9.17, 15) is 5.11 Å². The van der Waals surface area contributed by atoms with Crippen LogP contribution in [0.2, 0.25) is 0 Å². The van der Waals surface area contributed by atoms with Crippen LogP contribution in [0.25, 0.3) is 0 Å². The lowest BCUT2D eigenvalue weighted by atomic mass is 10.1. The first-order valence-electron chi connectivity index (χ1n) is 5.12. The molecular formula is C10H19N3O. The third kappa shape index (κ3) is 3.20. The fourth-order valence-electron chi connectivity index (χ4n) is 1.26. The van der Waals surface area contributed by atoms with Crippen molar-refractivity contribution >= 4 is 12.1 Å². The summed E-state index contributed by atoms with van der Waals surface area (Å²) in [5.41, 5.74) is 0. The van der Waals surface area contributed by atoms with Gasteiger partial charge in [0, 0.05) is 19.2 Å². The summed E-state index contributed by atoms with van der Waals surface area (Å²) in [5, 5.41) is 9.66. The highest BCUT2D eigenvalue weighted by atomic mass is 16.3. The number of aliphatic imine (C=N–C) groups is 2. The van der Waals surface area contributed by atoms with Crippen molar-refractivity contribution in [3.63, 3.8) is 0 Å². The van der Waals surface area contributed by atoms with Gasteiger partial charge in [0.2, 0.25) is 6.35 Å². The van der Waals surface area contributed by atoms with E-state index in [1.54, 1.807) is 0 Å². The molecule has 1 rings (SSSR count). The highest BCUT2D eigenvalue weighted by Crippen LogP contribution is 2.07. The topological polar surface area (TPSA) is 48.2 Å². The zero-order valence-corrected chi connectivity index (χ0v) is 9.14. The highest BCUT2D eigenvalue weighted by molar-refractivity contribution is 5.89. The van der Waals surface area contributed by atoms with Gasteiger partial charge in [-0.3, -0.25) is 4.90 Å². The van der Waals surface area contributed by atoms with E-state index in [4.69, 9.17) is 0 Å². The van der Waals surface area contributed by atoms with Gasteiger partial charge in [0.1, 0.15) is 5.84 Å². The van der Waals surface area contributed by atoms with Crippen molar-refractivity contribution in [2.24, 2.45) is 15.9 Å². The summed E-state index contributed by atoms with van der Waals surface area (Å²) in [6, 6.07) is 0. The number of hydrogen-bond donors (Lipinski definition) is 1. The van der Waals surface area contributed by atoms with E-state index in [-0.39, 0.29) is 0 Å². The summed E-state index contributed by atoms with van der Waals surface area (Å²) in [6.07, 6.45) is 2.94. The van der Waals surface area contributed by atoms with Crippen molar-refractivity contribution in [3.8, 4) is 0 Å². The molecule has 0 aliphatic carbocycles. The van der Waals surface area contributed by atoms with Crippen molar-refractivity contribution < 1.29 is 5.11 Å². The van der Waals surface area contributed by atoms with Gasteiger partial charge in [-0.2, -0.15) is 0 Å². The molecule has 14 heavy (non-hydrogen) atoms. The fourth-order valence-corrected chi connectivity index (χ4v) is 1.26. The summed E-state index contributed by atoms with van der Waals surface area (Å²) in [4.78, 5) is 10.2. The van der Waals surface area contributed by atoms with E-state index < -0.39 is 6.35 Å². The second-order valence-electron chi connectivity index (χ2n) is 3.77. The minimum Gasteiger partial charge on any atom is -0.359 e. The Morgan fingerprint density at radius 3 is 3.00 bits per heavy atom. The molecule has 0 saturated heterocycles. The Labute approximate surface area is 85.4 Å². The number of nitrogens with zero attached hydrogens (tertiary/aromatic N) is 3. The van der Waals surface area contributed by atoms with Gasteiger partial charge in [0.25, 0.3) is 0 Å². The third-order valence-electron chi connectivity index (χ3n) is 2.39. The molecule has 0 radical (unpaired) electrons. The second-order valence-corrected chi connectivity index (χ2v) is 3.77. The van der Waals surface area contributed by atoms with Crippen molar-refractivity contribution in [1.29, 1.82) is 0 Å². The van der Waals surface area contributed by atoms with Crippen LogP contribution in [0, 0.1) is 5.92 Å². The molecule has 4 heteroatoms. The second kappa shape index (κ2) is 5.22. The van der Waals surface area contributed by atoms with E-state index in [1.165, 1.54) is 0 Å². The predicted octanol–water partition coefficient (Wildman–Crippen LogP) is 1.11. The lowest BCUT2D eigenvalue weighted by Crippen LogP contribution is -2.31. The van der Waals surface area contributed by atoms with Crippen LogP contribution >= 0.6 is 0 Å². The molecular weight excluding hydrogens is 178 g/mol. The summed E-state index contributed by atoms with van der Waals surface area (Å²) >= 11 is 0. The molecule has 1 N–H and O–H groups in total. The fraction of sp³-hybridized carbons (Fsp3) is 0.800. The first-order chi connectivity index (χ1) is 6.63. The summed E-state index contributed by atoms with van der Waals surface area (Å²) in [6.45, 7) is 4.96. The SMILES string of the molecule is CCC1=NC(O)N(C)CCC(C)C=N1. The standard InChI is InChI=1S/C10H19N3O/c1-4-9-11-7-8(2)5-6-13(3)10(14)12-9/h7-8,10,14H,4-6H2,1-3H3. The normalized spacial score (nSPS) is 30.4. The molecule has 0 aromatic heterocycles. The molecule has 0 bridgehead atoms. The molecule has 4 nitrogen and oxygen atoms in total. The molecule has 1 aliphatic rings. The molecule has 1 aliphatic heterocycles. The molecule has 0 amide bonds. The van der Waals surface area contributed by atoms with Crippen LogP contribution in [0.3, 0.4) is 0 Å². The summed E-state index contributed by atoms with van der Waals surface area (Å²) in [7, 11) is 1.87. The zero-order chi connectivity index (χ0) is 10.6. The van der Waals surface area contributed by atoms with Crippen molar-refractivity contribution in [1.82, 2.24) is 4.90 Å². The minimum absolute atomic E-state index is 0.444. The average molecular weight is 197 g/mol. The van der Waals surface area contributed by atoms with Crippen LogP contribution in [-0.4, -0.2) is 42.0 Å². The molecule has 1 heterocycles. The Kier molecular flexibility index (Phi) is 4.22. The number of rotatable bonds is 1. The van der Waals surface area contributed by atoms with Crippen LogP contribution in [0.15, 0.2) is 9.98 Å². The summed E-state index contributed by atoms with van der Waals surface area (Å²) < 4.78 is 0. The van der Waals surface area contributed by atoms with Crippen molar-refractivity contribution in [3.05, 3.63) is 0 Å². The predicted molar refractivity (Wildman–Crippen MR) is 58.6 cm³/mol. The molecule has 0 aromatic carbocycles. The Hall–Kier alpha value is -0.740. The van der Waals surface area contributed by atoms with E-state index in [0.29, 0.717) is 5.92 Å². The molecule has 2 unspecified atom stereocenters. The Balaban J connectivity index is 2.79. The van der Waals surface area contributed by atoms with Gasteiger partial charge < -0.3 is 5.11 Å². The number of amidine groups is 1. The van der Waals surface area contributed by atoms with Crippen LogP contribution in [0.5, 0.6) is 0 Å². The van der Waals surface area contributed by atoms with Crippen LogP contribution in [0.4, 0.5) is 0 Å². The van der Waals surface area contributed by atoms with Gasteiger partial charge >= 0.3 is 0 Å². The number of hydrogen-bond acceptors (Lipinski definition) is 4. The van der Waals surface area contributed by atoms with Crippen LogP contribution in [-0.2, 0) is 0 Å². The maximum absolute atomic E-state index is 9.66. The molecule has 80 valence electrons. The van der Waals surface area contributed by atoms with Crippen molar-refractivity contribution in [2.45, 2.75) is 33.0 Å². The first-order valence-corrected chi connectivity index (χ1v) is 5.12. The largest absolute Gasteiger partial charge is 0.359 e. The molecule has 0 fully saturated rings. The van der Waals surface area contributed by atoms with Gasteiger partial charge in [-0.05, 0) is 19.4 Å². The van der Waals surface area contributed by atoms with Gasteiger partial charge in [-0.15, -0.1) is 0 Å². The first kappa shape index (κ1) is 11.3. The highest BCUT2D eigenvalue weighted by Gasteiger charge is 2.13. The smallest absolute Gasteiger partial charge is 0.206 e. The Morgan fingerprint density at radius 1 is 1.64 bits per heavy atom. The van der Waals surface area contributed by atoms with E-state index in [2.05, 4.69) is 16.9 Å². The van der Waals surface area contributed by atoms with Crippen LogP contribution in [0.1, 0.15) is 26.7 Å². The van der Waals surface area contributed by atoms with Gasteiger partial charge in [0.15, 0.2) is 0 Å². The lowest BCUT2D eigenvalue weighted by Gasteiger charge is -2.19. The Bertz CT molecular complexity index is 238. The van der Waals surface area contributed by atoms with E-state index >= 15 is 0 Å².